The lowest BCUT2D eigenvalue weighted by Crippen LogP contribution is -2.52. The van der Waals surface area contributed by atoms with Crippen molar-refractivity contribution < 1.29 is 9.53 Å². The second-order valence-corrected chi connectivity index (χ2v) is 12.1. The number of fused-ring (bicyclic) bond motifs is 1. The molecular weight excluding hydrogens is 542 g/mol. The van der Waals surface area contributed by atoms with Crippen LogP contribution in [0.5, 0.6) is 5.75 Å². The minimum atomic E-state index is -0.791. The van der Waals surface area contributed by atoms with Crippen molar-refractivity contribution in [1.29, 1.82) is 0 Å². The van der Waals surface area contributed by atoms with Crippen LogP contribution in [0.2, 0.25) is 0 Å². The van der Waals surface area contributed by atoms with Crippen LogP contribution < -0.4 is 4.74 Å². The summed E-state index contributed by atoms with van der Waals surface area (Å²) in [5.41, 5.74) is 5.33. The number of thioether (sulfide) groups is 1. The molecule has 0 amide bonds. The lowest BCUT2D eigenvalue weighted by molar-refractivity contribution is 0.0809. The van der Waals surface area contributed by atoms with E-state index in [0.29, 0.717) is 24.5 Å². The van der Waals surface area contributed by atoms with Gasteiger partial charge in [-0.1, -0.05) is 94.3 Å². The van der Waals surface area contributed by atoms with Crippen LogP contribution in [0.3, 0.4) is 0 Å². The molecule has 0 spiro atoms. The largest absolute Gasteiger partial charge is 0.491 e. The van der Waals surface area contributed by atoms with Gasteiger partial charge in [0.15, 0.2) is 5.78 Å². The van der Waals surface area contributed by atoms with Gasteiger partial charge in [0.05, 0.1) is 5.56 Å². The Morgan fingerprint density at radius 2 is 1.46 bits per heavy atom. The molecule has 0 saturated carbocycles. The number of aryl methyl sites for hydroxylation is 2. The molecular formula is C32H30BrNO2S. The lowest BCUT2D eigenvalue weighted by Gasteiger charge is -2.40. The molecule has 1 heterocycles. The van der Waals surface area contributed by atoms with E-state index in [4.69, 9.17) is 4.74 Å². The molecule has 5 heteroatoms. The zero-order valence-electron chi connectivity index (χ0n) is 21.1. The molecule has 0 fully saturated rings. The number of rotatable bonds is 8. The molecule has 0 aliphatic carbocycles. The molecule has 3 nitrogen and oxygen atoms in total. The SMILES string of the molecule is Cc1ccc(SC2(CN(Cc3ccccc3)Cc3ccccc3)COc3cc(C)c(Br)cc3C2=O)cc1. The van der Waals surface area contributed by atoms with E-state index in [9.17, 15) is 4.79 Å². The maximum absolute atomic E-state index is 14.4. The van der Waals surface area contributed by atoms with Crippen molar-refractivity contribution in [2.75, 3.05) is 13.2 Å². The summed E-state index contributed by atoms with van der Waals surface area (Å²) < 4.78 is 6.48. The van der Waals surface area contributed by atoms with Crippen molar-refractivity contribution >= 4 is 33.5 Å². The first kappa shape index (κ1) is 25.8. The topological polar surface area (TPSA) is 29.5 Å². The molecule has 4 aromatic rings. The minimum absolute atomic E-state index is 0.117. The highest BCUT2D eigenvalue weighted by atomic mass is 79.9. The van der Waals surface area contributed by atoms with Gasteiger partial charge in [-0.3, -0.25) is 9.69 Å². The third-order valence-corrected chi connectivity index (χ3v) is 8.88. The maximum atomic E-state index is 14.4. The van der Waals surface area contributed by atoms with E-state index in [1.165, 1.54) is 16.7 Å². The van der Waals surface area contributed by atoms with E-state index in [2.05, 4.69) is 101 Å². The smallest absolute Gasteiger partial charge is 0.187 e. The van der Waals surface area contributed by atoms with Crippen LogP contribution in [0.25, 0.3) is 0 Å². The summed E-state index contributed by atoms with van der Waals surface area (Å²) in [7, 11) is 0. The predicted octanol–water partition coefficient (Wildman–Crippen LogP) is 7.87. The first-order valence-electron chi connectivity index (χ1n) is 12.5. The van der Waals surface area contributed by atoms with Gasteiger partial charge in [0.25, 0.3) is 0 Å². The third-order valence-electron chi connectivity index (χ3n) is 6.69. The Kier molecular flexibility index (Phi) is 7.84. The van der Waals surface area contributed by atoms with Crippen LogP contribution in [0.4, 0.5) is 0 Å². The number of ether oxygens (including phenoxy) is 1. The van der Waals surface area contributed by atoms with Gasteiger partial charge >= 0.3 is 0 Å². The Morgan fingerprint density at radius 3 is 2.05 bits per heavy atom. The number of ketones is 1. The Morgan fingerprint density at radius 1 is 0.865 bits per heavy atom. The molecule has 0 bridgehead atoms. The molecule has 188 valence electrons. The number of nitrogens with zero attached hydrogens (tertiary/aromatic N) is 1. The quantitative estimate of drug-likeness (QED) is 0.215. The fourth-order valence-electron chi connectivity index (χ4n) is 4.73. The summed E-state index contributed by atoms with van der Waals surface area (Å²) in [5.74, 6) is 0.787. The molecule has 0 saturated heterocycles. The Balaban J connectivity index is 1.54. The predicted molar refractivity (Wildman–Crippen MR) is 155 cm³/mol. The number of carbonyl (C=O) groups is 1. The van der Waals surface area contributed by atoms with Crippen LogP contribution in [-0.2, 0) is 13.1 Å². The van der Waals surface area contributed by atoms with Gasteiger partial charge in [-0.05, 0) is 54.8 Å². The fourth-order valence-corrected chi connectivity index (χ4v) is 6.36. The van der Waals surface area contributed by atoms with E-state index in [1.54, 1.807) is 11.8 Å². The van der Waals surface area contributed by atoms with Gasteiger partial charge < -0.3 is 4.74 Å². The van der Waals surface area contributed by atoms with Crippen LogP contribution in [0.1, 0.15) is 32.6 Å². The van der Waals surface area contributed by atoms with Crippen LogP contribution in [0, 0.1) is 13.8 Å². The normalized spacial score (nSPS) is 16.9. The molecule has 5 rings (SSSR count). The number of hydrogen-bond acceptors (Lipinski definition) is 4. The molecule has 0 N–H and O–H groups in total. The molecule has 37 heavy (non-hydrogen) atoms. The average molecular weight is 573 g/mol. The van der Waals surface area contributed by atoms with Crippen molar-refractivity contribution in [3.63, 3.8) is 0 Å². The summed E-state index contributed by atoms with van der Waals surface area (Å²) in [6.07, 6.45) is 0. The molecule has 4 aromatic carbocycles. The van der Waals surface area contributed by atoms with Crippen LogP contribution >= 0.6 is 27.7 Å². The Bertz CT molecular complexity index is 1330. The first-order chi connectivity index (χ1) is 17.9. The van der Waals surface area contributed by atoms with Crippen LogP contribution in [0.15, 0.2) is 106 Å². The van der Waals surface area contributed by atoms with Crippen molar-refractivity contribution in [3.05, 3.63) is 129 Å². The third kappa shape index (κ3) is 6.01. The highest BCUT2D eigenvalue weighted by molar-refractivity contribution is 9.10. The van der Waals surface area contributed by atoms with Gasteiger partial charge in [0.1, 0.15) is 17.1 Å². The van der Waals surface area contributed by atoms with Crippen molar-refractivity contribution in [2.24, 2.45) is 0 Å². The second-order valence-electron chi connectivity index (χ2n) is 9.74. The number of benzene rings is 4. The lowest BCUT2D eigenvalue weighted by atomic mass is 9.92. The first-order valence-corrected chi connectivity index (χ1v) is 14.1. The number of carbonyl (C=O) groups excluding carboxylic acids is 1. The molecule has 1 unspecified atom stereocenters. The summed E-state index contributed by atoms with van der Waals surface area (Å²) in [6.45, 7) is 6.45. The van der Waals surface area contributed by atoms with E-state index < -0.39 is 4.75 Å². The monoisotopic (exact) mass is 571 g/mol. The van der Waals surface area contributed by atoms with Gasteiger partial charge in [0, 0.05) is 29.0 Å². The number of halogens is 1. The fraction of sp³-hybridized carbons (Fsp3) is 0.219. The number of Topliss-reactive ketones (excluding diaryl/α,β-unsaturated/α-hetero) is 1. The van der Waals surface area contributed by atoms with E-state index >= 15 is 0 Å². The number of hydrogen-bond donors (Lipinski definition) is 0. The second kappa shape index (κ2) is 11.3. The standard InChI is InChI=1S/C32H30BrNO2S/c1-23-13-15-27(16-14-23)37-32(22-36-30-17-24(2)29(33)18-28(30)31(32)35)21-34(19-25-9-5-3-6-10-25)20-26-11-7-4-8-12-26/h3-18H,19-22H2,1-2H3. The zero-order valence-corrected chi connectivity index (χ0v) is 23.5. The summed E-state index contributed by atoms with van der Waals surface area (Å²) in [5, 5.41) is 0. The van der Waals surface area contributed by atoms with E-state index in [-0.39, 0.29) is 5.78 Å². The van der Waals surface area contributed by atoms with Crippen LogP contribution in [-0.4, -0.2) is 28.6 Å². The minimum Gasteiger partial charge on any atom is -0.491 e. The van der Waals surface area contributed by atoms with Crippen molar-refractivity contribution in [1.82, 2.24) is 4.90 Å². The van der Waals surface area contributed by atoms with Gasteiger partial charge in [-0.15, -0.1) is 11.8 Å². The van der Waals surface area contributed by atoms with Gasteiger partial charge in [-0.2, -0.15) is 0 Å². The van der Waals surface area contributed by atoms with Crippen molar-refractivity contribution in [2.45, 2.75) is 36.6 Å². The maximum Gasteiger partial charge on any atom is 0.187 e. The Hall–Kier alpha value is -2.86. The highest BCUT2D eigenvalue weighted by Gasteiger charge is 2.46. The average Bonchev–Trinajstić information content (AvgIpc) is 2.90. The zero-order chi connectivity index (χ0) is 25.8. The Labute approximate surface area is 232 Å². The van der Waals surface area contributed by atoms with Gasteiger partial charge in [-0.25, -0.2) is 0 Å². The molecule has 1 aliphatic rings. The molecule has 0 radical (unpaired) electrons. The van der Waals surface area contributed by atoms with Crippen molar-refractivity contribution in [3.8, 4) is 5.75 Å². The van der Waals surface area contributed by atoms with E-state index in [0.717, 1.165) is 28.0 Å². The summed E-state index contributed by atoms with van der Waals surface area (Å²) in [4.78, 5) is 17.8. The van der Waals surface area contributed by atoms with E-state index in [1.807, 2.05) is 31.2 Å². The molecule has 0 aromatic heterocycles. The molecule has 1 atom stereocenters. The summed E-state index contributed by atoms with van der Waals surface area (Å²) in [6, 6.07) is 33.2. The summed E-state index contributed by atoms with van der Waals surface area (Å²) >= 11 is 5.25. The molecule has 1 aliphatic heterocycles. The van der Waals surface area contributed by atoms with Gasteiger partial charge in [0.2, 0.25) is 0 Å². The highest BCUT2D eigenvalue weighted by Crippen LogP contribution is 2.43.